The summed E-state index contributed by atoms with van der Waals surface area (Å²) in [6.45, 7) is 3.82. The third kappa shape index (κ3) is 5.11. The van der Waals surface area contributed by atoms with Crippen molar-refractivity contribution >= 4 is 45.3 Å². The smallest absolute Gasteiger partial charge is 0.103 e. The van der Waals surface area contributed by atoms with Crippen molar-refractivity contribution < 1.29 is 0 Å². The molecule has 0 bridgehead atoms. The SMILES string of the molecule is Cc1c(Nc2c(C#N)cncc2/C=C/c2ccc(CN(C)Cc3c[nH]c4ccccc34)cc2)ccc2[nH]ccc12. The lowest BCUT2D eigenvalue weighted by molar-refractivity contribution is 0.320. The lowest BCUT2D eigenvalue weighted by Gasteiger charge is -2.16. The number of rotatable bonds is 8. The van der Waals surface area contributed by atoms with Crippen LogP contribution in [0.3, 0.4) is 0 Å². The highest BCUT2D eigenvalue weighted by molar-refractivity contribution is 5.90. The molecule has 6 nitrogen and oxygen atoms in total. The molecule has 0 radical (unpaired) electrons. The van der Waals surface area contributed by atoms with Crippen LogP contribution in [0.25, 0.3) is 34.0 Å². The van der Waals surface area contributed by atoms with Gasteiger partial charge in [0.05, 0.1) is 11.3 Å². The van der Waals surface area contributed by atoms with Crippen LogP contribution >= 0.6 is 0 Å². The maximum absolute atomic E-state index is 9.78. The van der Waals surface area contributed by atoms with Gasteiger partial charge < -0.3 is 15.3 Å². The molecule has 0 fully saturated rings. The summed E-state index contributed by atoms with van der Waals surface area (Å²) in [5.74, 6) is 0. The Morgan fingerprint density at radius 1 is 0.900 bits per heavy atom. The summed E-state index contributed by atoms with van der Waals surface area (Å²) in [4.78, 5) is 13.2. The number of nitriles is 1. The molecule has 0 aliphatic heterocycles. The molecule has 0 saturated carbocycles. The summed E-state index contributed by atoms with van der Waals surface area (Å²) >= 11 is 0. The monoisotopic (exact) mass is 522 g/mol. The van der Waals surface area contributed by atoms with E-state index in [4.69, 9.17) is 0 Å². The van der Waals surface area contributed by atoms with Crippen LogP contribution in [0.15, 0.2) is 91.5 Å². The van der Waals surface area contributed by atoms with E-state index in [1.165, 1.54) is 22.0 Å². The average molecular weight is 523 g/mol. The van der Waals surface area contributed by atoms with Crippen molar-refractivity contribution in [1.82, 2.24) is 19.9 Å². The second kappa shape index (κ2) is 10.9. The Hall–Kier alpha value is -5.12. The molecule has 0 atom stereocenters. The van der Waals surface area contributed by atoms with E-state index in [1.54, 1.807) is 12.4 Å². The molecular weight excluding hydrogens is 492 g/mol. The van der Waals surface area contributed by atoms with E-state index < -0.39 is 0 Å². The minimum atomic E-state index is 0.504. The van der Waals surface area contributed by atoms with Gasteiger partial charge in [-0.2, -0.15) is 5.26 Å². The Labute approximate surface area is 233 Å². The molecule has 6 rings (SSSR count). The van der Waals surface area contributed by atoms with Crippen LogP contribution in [0.5, 0.6) is 0 Å². The zero-order valence-corrected chi connectivity index (χ0v) is 22.6. The van der Waals surface area contributed by atoms with Crippen LogP contribution in [0.2, 0.25) is 0 Å². The fourth-order valence-corrected chi connectivity index (χ4v) is 5.22. The Morgan fingerprint density at radius 3 is 2.58 bits per heavy atom. The third-order valence-corrected chi connectivity index (χ3v) is 7.36. The molecule has 40 heavy (non-hydrogen) atoms. The molecule has 0 saturated heterocycles. The van der Waals surface area contributed by atoms with E-state index in [9.17, 15) is 5.26 Å². The van der Waals surface area contributed by atoms with Gasteiger partial charge in [0.15, 0.2) is 0 Å². The van der Waals surface area contributed by atoms with Crippen LogP contribution < -0.4 is 5.32 Å². The molecule has 3 aromatic heterocycles. The van der Waals surface area contributed by atoms with Gasteiger partial charge in [-0.15, -0.1) is 0 Å². The van der Waals surface area contributed by atoms with Crippen molar-refractivity contribution in [3.63, 3.8) is 0 Å². The summed E-state index contributed by atoms with van der Waals surface area (Å²) in [6, 6.07) is 25.5. The predicted molar refractivity (Wildman–Crippen MR) is 164 cm³/mol. The maximum atomic E-state index is 9.78. The molecule has 6 aromatic rings. The molecule has 0 unspecified atom stereocenters. The van der Waals surface area contributed by atoms with Crippen LogP contribution in [-0.2, 0) is 13.1 Å². The lowest BCUT2D eigenvalue weighted by atomic mass is 10.1. The fraction of sp³-hybridized carbons (Fsp3) is 0.118. The van der Waals surface area contributed by atoms with Crippen molar-refractivity contribution in [2.75, 3.05) is 12.4 Å². The number of aromatic amines is 2. The van der Waals surface area contributed by atoms with Crippen LogP contribution in [-0.4, -0.2) is 26.9 Å². The molecule has 6 heteroatoms. The van der Waals surface area contributed by atoms with Gasteiger partial charge in [0, 0.05) is 70.9 Å². The highest BCUT2D eigenvalue weighted by Crippen LogP contribution is 2.31. The number of para-hydroxylation sites is 1. The number of hydrogen-bond acceptors (Lipinski definition) is 4. The molecule has 0 spiro atoms. The molecule has 3 heterocycles. The van der Waals surface area contributed by atoms with Gasteiger partial charge in [0.25, 0.3) is 0 Å². The molecule has 3 aromatic carbocycles. The Balaban J connectivity index is 1.17. The Kier molecular flexibility index (Phi) is 6.88. The van der Waals surface area contributed by atoms with Crippen molar-refractivity contribution in [1.29, 1.82) is 5.26 Å². The first kappa shape index (κ1) is 25.2. The quantitative estimate of drug-likeness (QED) is 0.191. The number of nitrogens with zero attached hydrogens (tertiary/aromatic N) is 3. The molecule has 0 aliphatic carbocycles. The predicted octanol–water partition coefficient (Wildman–Crippen LogP) is 7.77. The molecule has 0 amide bonds. The lowest BCUT2D eigenvalue weighted by Crippen LogP contribution is -2.16. The van der Waals surface area contributed by atoms with E-state index in [0.717, 1.165) is 52.1 Å². The number of nitrogens with one attached hydrogen (secondary N) is 3. The fourth-order valence-electron chi connectivity index (χ4n) is 5.22. The van der Waals surface area contributed by atoms with Gasteiger partial charge in [0.1, 0.15) is 6.07 Å². The molecule has 196 valence electrons. The van der Waals surface area contributed by atoms with Gasteiger partial charge in [-0.05, 0) is 60.5 Å². The number of H-pyrrole nitrogens is 2. The minimum Gasteiger partial charge on any atom is -0.361 e. The van der Waals surface area contributed by atoms with Crippen molar-refractivity contribution in [3.8, 4) is 6.07 Å². The normalized spacial score (nSPS) is 11.6. The maximum Gasteiger partial charge on any atom is 0.103 e. The molecular formula is C34H30N6. The number of aromatic nitrogens is 3. The largest absolute Gasteiger partial charge is 0.361 e. The summed E-state index contributed by atoms with van der Waals surface area (Å²) < 4.78 is 0. The van der Waals surface area contributed by atoms with Crippen molar-refractivity contribution in [2.45, 2.75) is 20.0 Å². The summed E-state index contributed by atoms with van der Waals surface area (Å²) in [6.07, 6.45) is 11.5. The first-order valence-electron chi connectivity index (χ1n) is 13.3. The number of pyridine rings is 1. The minimum absolute atomic E-state index is 0.504. The van der Waals surface area contributed by atoms with Crippen LogP contribution in [0, 0.1) is 18.3 Å². The van der Waals surface area contributed by atoms with Crippen LogP contribution in [0.1, 0.15) is 33.4 Å². The Morgan fingerprint density at radius 2 is 1.73 bits per heavy atom. The topological polar surface area (TPSA) is 83.5 Å². The third-order valence-electron chi connectivity index (χ3n) is 7.36. The van der Waals surface area contributed by atoms with Gasteiger partial charge in [-0.1, -0.05) is 54.6 Å². The number of anilines is 2. The van der Waals surface area contributed by atoms with E-state index in [2.05, 4.69) is 112 Å². The Bertz CT molecular complexity index is 1870. The van der Waals surface area contributed by atoms with Gasteiger partial charge in [0.2, 0.25) is 0 Å². The number of fused-ring (bicyclic) bond motifs is 2. The van der Waals surface area contributed by atoms with Crippen molar-refractivity contribution in [3.05, 3.63) is 125 Å². The van der Waals surface area contributed by atoms with Gasteiger partial charge >= 0.3 is 0 Å². The van der Waals surface area contributed by atoms with Crippen LogP contribution in [0.4, 0.5) is 11.4 Å². The van der Waals surface area contributed by atoms with E-state index >= 15 is 0 Å². The summed E-state index contributed by atoms with van der Waals surface area (Å²) in [5, 5.41) is 15.7. The first-order valence-corrected chi connectivity index (χ1v) is 13.3. The van der Waals surface area contributed by atoms with Crippen molar-refractivity contribution in [2.24, 2.45) is 0 Å². The number of hydrogen-bond donors (Lipinski definition) is 3. The standard InChI is InChI=1S/C34H30N6/c1-23-29-15-16-37-33(29)14-13-31(23)39-34-26(18-36-19-27(34)17-35)12-11-24-7-9-25(10-8-24)21-40(2)22-28-20-38-32-6-4-3-5-30(28)32/h3-16,18-20,37-38H,21-22H2,1-2H3,(H,36,39)/b12-11+. The summed E-state index contributed by atoms with van der Waals surface area (Å²) in [7, 11) is 2.15. The zero-order chi connectivity index (χ0) is 27.5. The zero-order valence-electron chi connectivity index (χ0n) is 22.6. The molecule has 0 aliphatic rings. The second-order valence-electron chi connectivity index (χ2n) is 10.2. The number of aryl methyl sites for hydroxylation is 1. The van der Waals surface area contributed by atoms with E-state index in [-0.39, 0.29) is 0 Å². The number of benzene rings is 3. The highest BCUT2D eigenvalue weighted by Gasteiger charge is 2.11. The van der Waals surface area contributed by atoms with Gasteiger partial charge in [-0.3, -0.25) is 9.88 Å². The molecule has 3 N–H and O–H groups in total. The summed E-state index contributed by atoms with van der Waals surface area (Å²) in [5.41, 5.74) is 10.1. The van der Waals surface area contributed by atoms with Gasteiger partial charge in [-0.25, -0.2) is 0 Å². The second-order valence-corrected chi connectivity index (χ2v) is 10.2. The average Bonchev–Trinajstić information content (AvgIpc) is 3.62. The van der Waals surface area contributed by atoms with E-state index in [0.29, 0.717) is 5.56 Å². The highest BCUT2D eigenvalue weighted by atomic mass is 15.1. The first-order chi connectivity index (χ1) is 19.6. The van der Waals surface area contributed by atoms with E-state index in [1.807, 2.05) is 24.4 Å².